The van der Waals surface area contributed by atoms with Crippen molar-refractivity contribution < 1.29 is 19.0 Å². The van der Waals surface area contributed by atoms with Gasteiger partial charge in [0.1, 0.15) is 11.5 Å². The molecule has 0 bridgehead atoms. The molecule has 0 aromatic heterocycles. The molecule has 5 nitrogen and oxygen atoms in total. The minimum Gasteiger partial charge on any atom is -0.497 e. The topological polar surface area (TPSA) is 48.0 Å². The van der Waals surface area contributed by atoms with Gasteiger partial charge in [0, 0.05) is 26.1 Å². The highest BCUT2D eigenvalue weighted by Gasteiger charge is 2.26. The summed E-state index contributed by atoms with van der Waals surface area (Å²) in [6, 6.07) is 26.1. The molecule has 0 amide bonds. The van der Waals surface area contributed by atoms with Crippen molar-refractivity contribution in [1.29, 1.82) is 0 Å². The van der Waals surface area contributed by atoms with Crippen LogP contribution in [0, 0.1) is 0 Å². The second-order valence-electron chi connectivity index (χ2n) is 8.37. The smallest absolute Gasteiger partial charge is 0.335 e. The zero-order chi connectivity index (χ0) is 23.8. The van der Waals surface area contributed by atoms with Gasteiger partial charge < -0.3 is 14.2 Å². The van der Waals surface area contributed by atoms with Crippen LogP contribution >= 0.6 is 0 Å². The Labute approximate surface area is 201 Å². The summed E-state index contributed by atoms with van der Waals surface area (Å²) in [6.07, 6.45) is 1.47. The molecule has 5 heteroatoms. The van der Waals surface area contributed by atoms with Crippen LogP contribution < -0.4 is 9.47 Å². The Morgan fingerprint density at radius 2 is 1.44 bits per heavy atom. The van der Waals surface area contributed by atoms with Gasteiger partial charge in [0.05, 0.1) is 26.4 Å². The van der Waals surface area contributed by atoms with Crippen molar-refractivity contribution in [1.82, 2.24) is 4.90 Å². The third-order valence-electron chi connectivity index (χ3n) is 6.14. The lowest BCUT2D eigenvalue weighted by Crippen LogP contribution is -2.34. The summed E-state index contributed by atoms with van der Waals surface area (Å²) in [5.41, 5.74) is 5.22. The lowest BCUT2D eigenvalue weighted by molar-refractivity contribution is -0.139. The van der Waals surface area contributed by atoms with Crippen molar-refractivity contribution in [3.63, 3.8) is 0 Å². The van der Waals surface area contributed by atoms with E-state index in [0.29, 0.717) is 19.6 Å². The Bertz CT molecular complexity index is 1110. The van der Waals surface area contributed by atoms with E-state index in [1.54, 1.807) is 14.2 Å². The second-order valence-corrected chi connectivity index (χ2v) is 8.37. The van der Waals surface area contributed by atoms with Crippen molar-refractivity contribution >= 4 is 11.5 Å². The lowest BCUT2D eigenvalue weighted by Gasteiger charge is -2.30. The Kier molecular flexibility index (Phi) is 7.99. The molecule has 1 aliphatic heterocycles. The molecular weight excluding hydrogens is 426 g/mol. The first-order valence-corrected chi connectivity index (χ1v) is 11.6. The van der Waals surface area contributed by atoms with Crippen LogP contribution in [-0.2, 0) is 22.5 Å². The van der Waals surface area contributed by atoms with Crippen molar-refractivity contribution in [2.75, 3.05) is 33.9 Å². The number of carbonyl (C=O) groups excluding carboxylic acids is 1. The van der Waals surface area contributed by atoms with Crippen LogP contribution in [0.5, 0.6) is 11.5 Å². The summed E-state index contributed by atoms with van der Waals surface area (Å²) in [4.78, 5) is 15.5. The average Bonchev–Trinajstić information content (AvgIpc) is 2.90. The fraction of sp³-hybridized carbons (Fsp3) is 0.276. The molecule has 3 aromatic rings. The van der Waals surface area contributed by atoms with Crippen LogP contribution in [0.4, 0.5) is 0 Å². The number of carbonyl (C=O) groups is 1. The third-order valence-corrected chi connectivity index (χ3v) is 6.14. The van der Waals surface area contributed by atoms with Gasteiger partial charge in [0.15, 0.2) is 0 Å². The third kappa shape index (κ3) is 6.06. The highest BCUT2D eigenvalue weighted by molar-refractivity contribution is 5.98. The molecule has 0 radical (unpaired) electrons. The molecule has 3 aromatic carbocycles. The Hall–Kier alpha value is -3.57. The Morgan fingerprint density at radius 1 is 0.824 bits per heavy atom. The van der Waals surface area contributed by atoms with Gasteiger partial charge in [-0.25, -0.2) is 4.79 Å². The predicted molar refractivity (Wildman–Crippen MR) is 134 cm³/mol. The number of hydrogen-bond donors (Lipinski definition) is 0. The molecule has 0 spiro atoms. The van der Waals surface area contributed by atoms with E-state index < -0.39 is 0 Å². The molecular formula is C29H31NO4. The standard InChI is InChI=1S/C29H31NO4/c1-32-25-12-8-22(9-13-25)17-19-34-29(31)28-21-30(20-23-10-14-26(33-2)15-11-23)18-16-27(28)24-6-4-3-5-7-24/h3-15H,16-21H2,1-2H3. The van der Waals surface area contributed by atoms with Gasteiger partial charge >= 0.3 is 5.97 Å². The van der Waals surface area contributed by atoms with Crippen LogP contribution in [0.3, 0.4) is 0 Å². The predicted octanol–water partition coefficient (Wildman–Crippen LogP) is 5.15. The van der Waals surface area contributed by atoms with Gasteiger partial charge in [-0.05, 0) is 52.9 Å². The maximum absolute atomic E-state index is 13.2. The molecule has 0 aliphatic carbocycles. The SMILES string of the molecule is COc1ccc(CCOC(=O)C2=C(c3ccccc3)CCN(Cc3ccc(OC)cc3)C2)cc1. The van der Waals surface area contributed by atoms with Crippen molar-refractivity contribution in [2.24, 2.45) is 0 Å². The van der Waals surface area contributed by atoms with E-state index in [-0.39, 0.29) is 5.97 Å². The summed E-state index contributed by atoms with van der Waals surface area (Å²) in [5, 5.41) is 0. The lowest BCUT2D eigenvalue weighted by atomic mass is 9.93. The number of benzene rings is 3. The van der Waals surface area contributed by atoms with Gasteiger partial charge in [0.2, 0.25) is 0 Å². The van der Waals surface area contributed by atoms with Crippen LogP contribution in [-0.4, -0.2) is 44.8 Å². The Morgan fingerprint density at radius 3 is 2.06 bits per heavy atom. The summed E-state index contributed by atoms with van der Waals surface area (Å²) < 4.78 is 16.2. The molecule has 0 saturated carbocycles. The minimum absolute atomic E-state index is 0.230. The normalized spacial score (nSPS) is 14.1. The Balaban J connectivity index is 1.45. The highest BCUT2D eigenvalue weighted by atomic mass is 16.5. The van der Waals surface area contributed by atoms with E-state index in [2.05, 4.69) is 29.2 Å². The number of methoxy groups -OCH3 is 2. The molecule has 0 fully saturated rings. The zero-order valence-electron chi connectivity index (χ0n) is 19.8. The van der Waals surface area contributed by atoms with Crippen LogP contribution in [0.2, 0.25) is 0 Å². The van der Waals surface area contributed by atoms with Gasteiger partial charge in [-0.15, -0.1) is 0 Å². The summed E-state index contributed by atoms with van der Waals surface area (Å²) >= 11 is 0. The van der Waals surface area contributed by atoms with Crippen LogP contribution in [0.25, 0.3) is 5.57 Å². The van der Waals surface area contributed by atoms with Crippen molar-refractivity contribution in [3.8, 4) is 11.5 Å². The van der Waals surface area contributed by atoms with Crippen LogP contribution in [0.15, 0.2) is 84.4 Å². The highest BCUT2D eigenvalue weighted by Crippen LogP contribution is 2.29. The summed E-state index contributed by atoms with van der Waals surface area (Å²) in [7, 11) is 3.32. The molecule has 1 aliphatic rings. The van der Waals surface area contributed by atoms with Gasteiger partial charge in [0.25, 0.3) is 0 Å². The van der Waals surface area contributed by atoms with E-state index in [4.69, 9.17) is 14.2 Å². The van der Waals surface area contributed by atoms with E-state index >= 15 is 0 Å². The first-order valence-electron chi connectivity index (χ1n) is 11.6. The maximum Gasteiger partial charge on any atom is 0.335 e. The maximum atomic E-state index is 13.2. The number of esters is 1. The van der Waals surface area contributed by atoms with Gasteiger partial charge in [-0.1, -0.05) is 54.6 Å². The molecule has 1 heterocycles. The molecule has 0 saturated heterocycles. The molecule has 176 valence electrons. The number of ether oxygens (including phenoxy) is 3. The minimum atomic E-state index is -0.230. The van der Waals surface area contributed by atoms with Gasteiger partial charge in [-0.2, -0.15) is 0 Å². The zero-order valence-corrected chi connectivity index (χ0v) is 19.8. The second kappa shape index (κ2) is 11.5. The van der Waals surface area contributed by atoms with Crippen LogP contribution in [0.1, 0.15) is 23.1 Å². The largest absolute Gasteiger partial charge is 0.497 e. The van der Waals surface area contributed by atoms with E-state index in [0.717, 1.165) is 53.3 Å². The number of hydrogen-bond acceptors (Lipinski definition) is 5. The van der Waals surface area contributed by atoms with E-state index in [1.807, 2.05) is 54.6 Å². The molecule has 0 unspecified atom stereocenters. The summed E-state index contributed by atoms with van der Waals surface area (Å²) in [5.74, 6) is 1.43. The van der Waals surface area contributed by atoms with E-state index in [9.17, 15) is 4.79 Å². The van der Waals surface area contributed by atoms with Crippen molar-refractivity contribution in [3.05, 3.63) is 101 Å². The number of rotatable bonds is 9. The average molecular weight is 458 g/mol. The fourth-order valence-electron chi connectivity index (χ4n) is 4.23. The molecule has 4 rings (SSSR count). The summed E-state index contributed by atoms with van der Waals surface area (Å²) in [6.45, 7) is 2.57. The molecule has 34 heavy (non-hydrogen) atoms. The first kappa shape index (κ1) is 23.6. The number of nitrogens with zero attached hydrogens (tertiary/aromatic N) is 1. The van der Waals surface area contributed by atoms with Crippen molar-refractivity contribution in [2.45, 2.75) is 19.4 Å². The van der Waals surface area contributed by atoms with E-state index in [1.165, 1.54) is 5.56 Å². The first-order chi connectivity index (χ1) is 16.7. The quantitative estimate of drug-likeness (QED) is 0.416. The monoisotopic (exact) mass is 457 g/mol. The van der Waals surface area contributed by atoms with Gasteiger partial charge in [-0.3, -0.25) is 4.90 Å². The fourth-order valence-corrected chi connectivity index (χ4v) is 4.23. The molecule has 0 N–H and O–H groups in total. The molecule has 0 atom stereocenters.